The molecule has 1 aromatic rings. The van der Waals surface area contributed by atoms with Crippen molar-refractivity contribution in [2.24, 2.45) is 17.8 Å². The molecule has 3 rings (SSSR count). The van der Waals surface area contributed by atoms with Gasteiger partial charge in [-0.3, -0.25) is 4.79 Å². The Morgan fingerprint density at radius 3 is 2.55 bits per heavy atom. The van der Waals surface area contributed by atoms with E-state index in [-0.39, 0.29) is 11.9 Å². The zero-order valence-electron chi connectivity index (χ0n) is 13.6. The first kappa shape index (κ1) is 15.2. The number of methoxy groups -OCH3 is 2. The van der Waals surface area contributed by atoms with Crippen LogP contribution in [-0.2, 0) is 0 Å². The van der Waals surface area contributed by atoms with E-state index in [1.807, 2.05) is 0 Å². The maximum atomic E-state index is 12.5. The van der Waals surface area contributed by atoms with E-state index in [0.29, 0.717) is 23.0 Å². The molecular formula is C18H25NO3. The van der Waals surface area contributed by atoms with Crippen molar-refractivity contribution in [1.82, 2.24) is 5.32 Å². The number of hydrogen-bond acceptors (Lipinski definition) is 3. The Morgan fingerprint density at radius 2 is 1.95 bits per heavy atom. The Hall–Kier alpha value is -1.71. The summed E-state index contributed by atoms with van der Waals surface area (Å²) in [6, 6.07) is 5.53. The van der Waals surface area contributed by atoms with Crippen LogP contribution in [0.5, 0.6) is 11.5 Å². The molecule has 22 heavy (non-hydrogen) atoms. The number of hydrogen-bond donors (Lipinski definition) is 1. The van der Waals surface area contributed by atoms with Crippen LogP contribution in [0.4, 0.5) is 0 Å². The number of rotatable bonds is 5. The molecule has 2 aliphatic rings. The lowest BCUT2D eigenvalue weighted by Crippen LogP contribution is -2.40. The summed E-state index contributed by atoms with van der Waals surface area (Å²) < 4.78 is 10.5. The Balaban J connectivity index is 1.66. The third-order valence-electron chi connectivity index (χ3n) is 5.44. The fourth-order valence-corrected chi connectivity index (χ4v) is 4.28. The fourth-order valence-electron chi connectivity index (χ4n) is 4.28. The summed E-state index contributed by atoms with van der Waals surface area (Å²) in [6.07, 6.45) is 5.36. The first-order valence-electron chi connectivity index (χ1n) is 8.15. The summed E-state index contributed by atoms with van der Waals surface area (Å²) in [6.45, 7) is 2.14. The van der Waals surface area contributed by atoms with Gasteiger partial charge in [0.1, 0.15) is 0 Å². The normalized spacial score (nSPS) is 27.5. The predicted octanol–water partition coefficient (Wildman–Crippen LogP) is 3.26. The minimum atomic E-state index is -0.0313. The van der Waals surface area contributed by atoms with Gasteiger partial charge < -0.3 is 14.8 Å². The summed E-state index contributed by atoms with van der Waals surface area (Å²) in [7, 11) is 3.17. The van der Waals surface area contributed by atoms with E-state index in [2.05, 4.69) is 12.2 Å². The van der Waals surface area contributed by atoms with E-state index in [4.69, 9.17) is 9.47 Å². The van der Waals surface area contributed by atoms with Gasteiger partial charge in [0, 0.05) is 11.6 Å². The van der Waals surface area contributed by atoms with Crippen molar-refractivity contribution >= 4 is 5.91 Å². The molecule has 1 aromatic carbocycles. The quantitative estimate of drug-likeness (QED) is 0.908. The average molecular weight is 303 g/mol. The first-order chi connectivity index (χ1) is 10.6. The van der Waals surface area contributed by atoms with Crippen molar-refractivity contribution in [3.05, 3.63) is 23.8 Å². The molecule has 0 radical (unpaired) electrons. The second-order valence-electron chi connectivity index (χ2n) is 6.67. The summed E-state index contributed by atoms with van der Waals surface area (Å²) in [5, 5.41) is 3.18. The van der Waals surface area contributed by atoms with Gasteiger partial charge in [0.2, 0.25) is 0 Å². The minimum Gasteiger partial charge on any atom is -0.493 e. The van der Waals surface area contributed by atoms with Crippen molar-refractivity contribution in [3.63, 3.8) is 0 Å². The molecule has 4 atom stereocenters. The van der Waals surface area contributed by atoms with Gasteiger partial charge in [-0.25, -0.2) is 0 Å². The monoisotopic (exact) mass is 303 g/mol. The summed E-state index contributed by atoms with van der Waals surface area (Å²) in [4.78, 5) is 12.5. The molecule has 0 spiro atoms. The molecule has 1 N–H and O–H groups in total. The maximum absolute atomic E-state index is 12.5. The Morgan fingerprint density at radius 1 is 1.18 bits per heavy atom. The van der Waals surface area contributed by atoms with Gasteiger partial charge in [-0.2, -0.15) is 0 Å². The minimum absolute atomic E-state index is 0.0313. The van der Waals surface area contributed by atoms with Crippen LogP contribution in [0.25, 0.3) is 0 Å². The first-order valence-corrected chi connectivity index (χ1v) is 8.15. The van der Waals surface area contributed by atoms with E-state index < -0.39 is 0 Å². The molecule has 0 aromatic heterocycles. The van der Waals surface area contributed by atoms with E-state index in [9.17, 15) is 4.79 Å². The SMILES string of the molecule is COc1ccc(C(=O)NC(C)C2CC3CCC2C3)cc1OC. The molecule has 2 aliphatic carbocycles. The van der Waals surface area contributed by atoms with Crippen LogP contribution in [0.15, 0.2) is 18.2 Å². The molecule has 2 fully saturated rings. The third-order valence-corrected chi connectivity index (χ3v) is 5.44. The van der Waals surface area contributed by atoms with Gasteiger partial charge in [-0.15, -0.1) is 0 Å². The highest BCUT2D eigenvalue weighted by molar-refractivity contribution is 5.95. The highest BCUT2D eigenvalue weighted by Gasteiger charge is 2.42. The lowest BCUT2D eigenvalue weighted by molar-refractivity contribution is 0.0915. The van der Waals surface area contributed by atoms with Crippen LogP contribution >= 0.6 is 0 Å². The number of fused-ring (bicyclic) bond motifs is 2. The molecule has 2 saturated carbocycles. The number of amides is 1. The summed E-state index contributed by atoms with van der Waals surface area (Å²) in [5.41, 5.74) is 0.618. The second-order valence-corrected chi connectivity index (χ2v) is 6.67. The van der Waals surface area contributed by atoms with Crippen molar-refractivity contribution in [1.29, 1.82) is 0 Å². The van der Waals surface area contributed by atoms with Crippen molar-refractivity contribution in [2.75, 3.05) is 14.2 Å². The number of benzene rings is 1. The van der Waals surface area contributed by atoms with Crippen molar-refractivity contribution < 1.29 is 14.3 Å². The highest BCUT2D eigenvalue weighted by atomic mass is 16.5. The van der Waals surface area contributed by atoms with Crippen LogP contribution in [0, 0.1) is 17.8 Å². The van der Waals surface area contributed by atoms with Gasteiger partial charge in [0.15, 0.2) is 11.5 Å². The van der Waals surface area contributed by atoms with Crippen molar-refractivity contribution in [3.8, 4) is 11.5 Å². The summed E-state index contributed by atoms with van der Waals surface area (Å²) >= 11 is 0. The molecule has 2 bridgehead atoms. The highest BCUT2D eigenvalue weighted by Crippen LogP contribution is 2.49. The Bertz CT molecular complexity index is 557. The standard InChI is InChI=1S/C18H25NO3/c1-11(15-9-12-4-5-13(15)8-12)19-18(20)14-6-7-16(21-2)17(10-14)22-3/h6-7,10-13,15H,4-5,8-9H2,1-3H3,(H,19,20). The van der Waals surface area contributed by atoms with E-state index >= 15 is 0 Å². The summed E-state index contributed by atoms with van der Waals surface area (Å²) in [5.74, 6) is 3.54. The van der Waals surface area contributed by atoms with E-state index in [1.54, 1.807) is 32.4 Å². The van der Waals surface area contributed by atoms with Gasteiger partial charge in [-0.1, -0.05) is 6.42 Å². The molecule has 4 unspecified atom stereocenters. The number of carbonyl (C=O) groups excluding carboxylic acids is 1. The molecule has 120 valence electrons. The van der Waals surface area contributed by atoms with E-state index in [1.165, 1.54) is 25.7 Å². The predicted molar refractivity (Wildman–Crippen MR) is 85.4 cm³/mol. The molecule has 0 heterocycles. The smallest absolute Gasteiger partial charge is 0.251 e. The largest absolute Gasteiger partial charge is 0.493 e. The van der Waals surface area contributed by atoms with Crippen LogP contribution in [0.2, 0.25) is 0 Å². The molecular weight excluding hydrogens is 278 g/mol. The number of carbonyl (C=O) groups is 1. The average Bonchev–Trinajstić information content (AvgIpc) is 3.17. The Kier molecular flexibility index (Phi) is 4.27. The van der Waals surface area contributed by atoms with Gasteiger partial charge in [0.25, 0.3) is 5.91 Å². The van der Waals surface area contributed by atoms with Crippen LogP contribution in [-0.4, -0.2) is 26.2 Å². The lowest BCUT2D eigenvalue weighted by Gasteiger charge is -2.28. The Labute approximate surface area is 132 Å². The van der Waals surface area contributed by atoms with Crippen molar-refractivity contribution in [2.45, 2.75) is 38.6 Å². The molecule has 0 saturated heterocycles. The molecule has 0 aliphatic heterocycles. The van der Waals surface area contributed by atoms with Gasteiger partial charge in [-0.05, 0) is 62.1 Å². The van der Waals surface area contributed by atoms with Gasteiger partial charge >= 0.3 is 0 Å². The fraction of sp³-hybridized carbons (Fsp3) is 0.611. The van der Waals surface area contributed by atoms with E-state index in [0.717, 1.165) is 11.8 Å². The molecule has 1 amide bonds. The lowest BCUT2D eigenvalue weighted by atomic mass is 9.84. The zero-order valence-corrected chi connectivity index (χ0v) is 13.6. The van der Waals surface area contributed by atoms with Crippen LogP contribution in [0.1, 0.15) is 43.0 Å². The molecule has 4 nitrogen and oxygen atoms in total. The molecule has 4 heteroatoms. The van der Waals surface area contributed by atoms with Crippen LogP contribution < -0.4 is 14.8 Å². The number of ether oxygens (including phenoxy) is 2. The maximum Gasteiger partial charge on any atom is 0.251 e. The zero-order chi connectivity index (χ0) is 15.7. The van der Waals surface area contributed by atoms with Gasteiger partial charge in [0.05, 0.1) is 14.2 Å². The number of nitrogens with one attached hydrogen (secondary N) is 1. The topological polar surface area (TPSA) is 47.6 Å². The van der Waals surface area contributed by atoms with Crippen LogP contribution in [0.3, 0.4) is 0 Å². The third kappa shape index (κ3) is 2.79. The second kappa shape index (κ2) is 6.19.